The minimum Gasteiger partial charge on any atom is -0.348 e. The van der Waals surface area contributed by atoms with Crippen molar-refractivity contribution in [2.24, 2.45) is 16.0 Å². The number of azo groups is 1. The van der Waals surface area contributed by atoms with E-state index in [-0.39, 0.29) is 6.54 Å². The highest BCUT2D eigenvalue weighted by atomic mass is 16.2. The molecule has 1 heterocycles. The molecule has 1 aromatic rings. The van der Waals surface area contributed by atoms with Crippen LogP contribution in [0.25, 0.3) is 0 Å². The van der Waals surface area contributed by atoms with Gasteiger partial charge in [-0.1, -0.05) is 16.3 Å². The van der Waals surface area contributed by atoms with Crippen molar-refractivity contribution in [1.82, 2.24) is 10.3 Å². The lowest BCUT2D eigenvalue weighted by Gasteiger charge is -1.98. The van der Waals surface area contributed by atoms with Gasteiger partial charge < -0.3 is 11.1 Å². The van der Waals surface area contributed by atoms with Crippen molar-refractivity contribution in [3.8, 4) is 0 Å². The van der Waals surface area contributed by atoms with Crippen LogP contribution in [0.1, 0.15) is 5.69 Å². The number of pyridine rings is 1. The fraction of sp³-hybridized carbons (Fsp3) is 0.125. The van der Waals surface area contributed by atoms with Crippen LogP contribution < -0.4 is 11.1 Å². The number of nitrogens with two attached hydrogens (primary N) is 1. The number of urea groups is 2. The SMILES string of the molecule is NC(=O)N=NC(=O)NCc1ccccn1. The zero-order valence-electron chi connectivity index (χ0n) is 7.75. The molecule has 0 radical (unpaired) electrons. The zero-order valence-corrected chi connectivity index (χ0v) is 7.75. The Balaban J connectivity index is 2.38. The van der Waals surface area contributed by atoms with E-state index in [0.29, 0.717) is 5.69 Å². The first-order chi connectivity index (χ1) is 7.18. The summed E-state index contributed by atoms with van der Waals surface area (Å²) < 4.78 is 0. The third-order valence-electron chi connectivity index (χ3n) is 1.39. The first kappa shape index (κ1) is 10.8. The molecular weight excluding hydrogens is 198 g/mol. The monoisotopic (exact) mass is 207 g/mol. The molecule has 78 valence electrons. The Hall–Kier alpha value is -2.31. The predicted molar refractivity (Wildman–Crippen MR) is 50.9 cm³/mol. The highest BCUT2D eigenvalue weighted by Crippen LogP contribution is 1.92. The van der Waals surface area contributed by atoms with Crippen LogP contribution in [0.2, 0.25) is 0 Å². The molecule has 7 nitrogen and oxygen atoms in total. The molecule has 0 atom stereocenters. The third kappa shape index (κ3) is 4.46. The lowest BCUT2D eigenvalue weighted by molar-refractivity contribution is 0.244. The van der Waals surface area contributed by atoms with E-state index in [1.165, 1.54) is 0 Å². The highest BCUT2D eigenvalue weighted by Gasteiger charge is 1.99. The number of aromatic nitrogens is 1. The zero-order chi connectivity index (χ0) is 11.1. The Morgan fingerprint density at radius 3 is 2.80 bits per heavy atom. The average molecular weight is 207 g/mol. The van der Waals surface area contributed by atoms with E-state index in [1.54, 1.807) is 24.4 Å². The van der Waals surface area contributed by atoms with Crippen LogP contribution in [0.5, 0.6) is 0 Å². The molecule has 0 saturated heterocycles. The molecule has 0 aromatic carbocycles. The molecule has 1 aromatic heterocycles. The summed E-state index contributed by atoms with van der Waals surface area (Å²) in [5, 5.41) is 8.26. The second kappa shape index (κ2) is 5.43. The van der Waals surface area contributed by atoms with Gasteiger partial charge in [0.15, 0.2) is 0 Å². The van der Waals surface area contributed by atoms with Gasteiger partial charge in [-0.3, -0.25) is 4.98 Å². The molecule has 0 spiro atoms. The first-order valence-electron chi connectivity index (χ1n) is 4.07. The molecule has 4 amide bonds. The number of amides is 4. The summed E-state index contributed by atoms with van der Waals surface area (Å²) in [6, 6.07) is 3.55. The molecule has 3 N–H and O–H groups in total. The molecule has 0 saturated carbocycles. The van der Waals surface area contributed by atoms with Gasteiger partial charge in [0.05, 0.1) is 12.2 Å². The number of nitrogens with one attached hydrogen (secondary N) is 1. The van der Waals surface area contributed by atoms with E-state index in [2.05, 4.69) is 26.3 Å². The topological polar surface area (TPSA) is 110 Å². The Morgan fingerprint density at radius 1 is 1.40 bits per heavy atom. The van der Waals surface area contributed by atoms with Crippen molar-refractivity contribution in [3.63, 3.8) is 0 Å². The number of primary amides is 1. The van der Waals surface area contributed by atoms with E-state index >= 15 is 0 Å². The molecule has 0 fully saturated rings. The van der Waals surface area contributed by atoms with Gasteiger partial charge in [0.1, 0.15) is 0 Å². The molecule has 0 aliphatic heterocycles. The molecular formula is C8H9N5O2. The molecule has 7 heteroatoms. The minimum atomic E-state index is -1.01. The van der Waals surface area contributed by atoms with Gasteiger partial charge in [-0.05, 0) is 12.1 Å². The number of hydrogen-bond donors (Lipinski definition) is 2. The van der Waals surface area contributed by atoms with E-state index < -0.39 is 12.1 Å². The molecule has 0 bridgehead atoms. The van der Waals surface area contributed by atoms with Crippen molar-refractivity contribution in [2.45, 2.75) is 6.54 Å². The van der Waals surface area contributed by atoms with Crippen LogP contribution in [-0.4, -0.2) is 17.0 Å². The van der Waals surface area contributed by atoms with Crippen LogP contribution in [0, 0.1) is 0 Å². The fourth-order valence-electron chi connectivity index (χ4n) is 0.799. The maximum absolute atomic E-state index is 10.9. The number of carbonyl (C=O) groups is 2. The molecule has 1 rings (SSSR count). The van der Waals surface area contributed by atoms with Crippen LogP contribution in [-0.2, 0) is 6.54 Å². The van der Waals surface area contributed by atoms with E-state index in [1.807, 2.05) is 0 Å². The number of carbonyl (C=O) groups excluding carboxylic acids is 2. The van der Waals surface area contributed by atoms with Crippen molar-refractivity contribution < 1.29 is 9.59 Å². The summed E-state index contributed by atoms with van der Waals surface area (Å²) >= 11 is 0. The first-order valence-corrected chi connectivity index (χ1v) is 4.07. The van der Waals surface area contributed by atoms with E-state index in [4.69, 9.17) is 0 Å². The Kier molecular flexibility index (Phi) is 3.90. The summed E-state index contributed by atoms with van der Waals surface area (Å²) in [5.74, 6) is 0. The van der Waals surface area contributed by atoms with Gasteiger partial charge in [-0.2, -0.15) is 0 Å². The van der Waals surface area contributed by atoms with Crippen LogP contribution in [0.3, 0.4) is 0 Å². The lowest BCUT2D eigenvalue weighted by Crippen LogP contribution is -2.19. The van der Waals surface area contributed by atoms with Crippen molar-refractivity contribution >= 4 is 12.1 Å². The minimum absolute atomic E-state index is 0.220. The average Bonchev–Trinajstić information content (AvgIpc) is 2.25. The van der Waals surface area contributed by atoms with Crippen LogP contribution >= 0.6 is 0 Å². The Bertz CT molecular complexity index is 376. The quantitative estimate of drug-likeness (QED) is 0.700. The van der Waals surface area contributed by atoms with Crippen molar-refractivity contribution in [2.75, 3.05) is 0 Å². The Morgan fingerprint density at radius 2 is 2.20 bits per heavy atom. The van der Waals surface area contributed by atoms with Gasteiger partial charge >= 0.3 is 12.1 Å². The van der Waals surface area contributed by atoms with Gasteiger partial charge in [-0.15, -0.1) is 0 Å². The largest absolute Gasteiger partial charge is 0.360 e. The summed E-state index contributed by atoms with van der Waals surface area (Å²) in [5.41, 5.74) is 5.34. The molecule has 0 aliphatic carbocycles. The molecule has 15 heavy (non-hydrogen) atoms. The van der Waals surface area contributed by atoms with Gasteiger partial charge in [0, 0.05) is 6.20 Å². The standard InChI is InChI=1S/C8H9N5O2/c9-7(14)12-13-8(15)11-5-6-3-1-2-4-10-6/h1-4H,5H2,(H2,9,14)(H,11,15). The highest BCUT2D eigenvalue weighted by molar-refractivity contribution is 5.78. The van der Waals surface area contributed by atoms with Crippen molar-refractivity contribution in [1.29, 1.82) is 0 Å². The van der Waals surface area contributed by atoms with Gasteiger partial charge in [0.25, 0.3) is 0 Å². The second-order valence-electron chi connectivity index (χ2n) is 2.52. The van der Waals surface area contributed by atoms with E-state index in [0.717, 1.165) is 0 Å². The van der Waals surface area contributed by atoms with Gasteiger partial charge in [-0.25, -0.2) is 9.59 Å². The maximum atomic E-state index is 10.9. The number of rotatable bonds is 2. The summed E-state index contributed by atoms with van der Waals surface area (Å²) in [6.07, 6.45) is 1.60. The number of hydrogen-bond acceptors (Lipinski definition) is 3. The Labute approximate surface area is 85.4 Å². The summed E-state index contributed by atoms with van der Waals surface area (Å²) in [6.45, 7) is 0.220. The summed E-state index contributed by atoms with van der Waals surface area (Å²) in [4.78, 5) is 25.0. The molecule has 0 aliphatic rings. The van der Waals surface area contributed by atoms with Gasteiger partial charge in [0.2, 0.25) is 0 Å². The number of nitrogens with zero attached hydrogens (tertiary/aromatic N) is 3. The maximum Gasteiger partial charge on any atom is 0.360 e. The predicted octanol–water partition coefficient (Wildman–Crippen LogP) is 0.822. The van der Waals surface area contributed by atoms with Crippen molar-refractivity contribution in [3.05, 3.63) is 30.1 Å². The summed E-state index contributed by atoms with van der Waals surface area (Å²) in [7, 11) is 0. The lowest BCUT2D eigenvalue weighted by atomic mass is 10.3. The van der Waals surface area contributed by atoms with E-state index in [9.17, 15) is 9.59 Å². The smallest absolute Gasteiger partial charge is 0.348 e. The second-order valence-corrected chi connectivity index (χ2v) is 2.52. The normalized spacial score (nSPS) is 10.1. The third-order valence-corrected chi connectivity index (χ3v) is 1.39. The molecule has 0 unspecified atom stereocenters. The van der Waals surface area contributed by atoms with Crippen LogP contribution in [0.15, 0.2) is 34.6 Å². The fourth-order valence-corrected chi connectivity index (χ4v) is 0.799. The van der Waals surface area contributed by atoms with Crippen LogP contribution in [0.4, 0.5) is 9.59 Å².